The van der Waals surface area contributed by atoms with Crippen molar-refractivity contribution in [1.82, 2.24) is 19.1 Å². The van der Waals surface area contributed by atoms with E-state index in [-0.39, 0.29) is 6.54 Å². The predicted molar refractivity (Wildman–Crippen MR) is 69.6 cm³/mol. The van der Waals surface area contributed by atoms with Crippen molar-refractivity contribution < 1.29 is 8.42 Å². The van der Waals surface area contributed by atoms with Crippen LogP contribution in [0.25, 0.3) is 0 Å². The summed E-state index contributed by atoms with van der Waals surface area (Å²) in [5.41, 5.74) is 0. The Bertz CT molecular complexity index is 678. The molecule has 1 aliphatic heterocycles. The summed E-state index contributed by atoms with van der Waals surface area (Å²) in [7, 11) is -3.45. The third-order valence-corrected chi connectivity index (χ3v) is 7.25. The van der Waals surface area contributed by atoms with Crippen LogP contribution in [0.15, 0.2) is 26.5 Å². The van der Waals surface area contributed by atoms with Gasteiger partial charge in [-0.15, -0.1) is 21.5 Å². The lowest BCUT2D eigenvalue weighted by Crippen LogP contribution is -2.38. The van der Waals surface area contributed by atoms with Gasteiger partial charge in [-0.25, -0.2) is 8.42 Å². The number of fused-ring (bicyclic) bond motifs is 1. The summed E-state index contributed by atoms with van der Waals surface area (Å²) >= 11 is 4.48. The first-order valence-electron chi connectivity index (χ1n) is 5.19. The molecule has 0 bridgehead atoms. The summed E-state index contributed by atoms with van der Waals surface area (Å²) in [4.78, 5) is 0. The molecule has 9 heteroatoms. The molecule has 96 valence electrons. The SMILES string of the molecule is O=S(=O)(c1sccc1Br)N1CCn2cnnc2C1. The van der Waals surface area contributed by atoms with Gasteiger partial charge in [0, 0.05) is 17.6 Å². The quantitative estimate of drug-likeness (QED) is 0.820. The lowest BCUT2D eigenvalue weighted by atomic mass is 10.4. The van der Waals surface area contributed by atoms with Crippen molar-refractivity contribution in [3.05, 3.63) is 28.1 Å². The van der Waals surface area contributed by atoms with Crippen LogP contribution in [0.5, 0.6) is 0 Å². The molecule has 6 nitrogen and oxygen atoms in total. The van der Waals surface area contributed by atoms with E-state index in [1.54, 1.807) is 17.8 Å². The van der Waals surface area contributed by atoms with Crippen LogP contribution in [-0.2, 0) is 23.1 Å². The molecular weight excluding hydrogens is 340 g/mol. The van der Waals surface area contributed by atoms with Gasteiger partial charge >= 0.3 is 0 Å². The molecule has 0 saturated heterocycles. The summed E-state index contributed by atoms with van der Waals surface area (Å²) in [6.07, 6.45) is 1.63. The zero-order chi connectivity index (χ0) is 12.8. The van der Waals surface area contributed by atoms with E-state index in [1.165, 1.54) is 15.6 Å². The molecule has 3 heterocycles. The Morgan fingerprint density at radius 1 is 1.39 bits per heavy atom. The Hall–Kier alpha value is -0.770. The Morgan fingerprint density at radius 3 is 2.94 bits per heavy atom. The largest absolute Gasteiger partial charge is 0.315 e. The smallest absolute Gasteiger partial charge is 0.254 e. The molecule has 0 N–H and O–H groups in total. The Morgan fingerprint density at radius 2 is 2.22 bits per heavy atom. The molecule has 1 aliphatic rings. The van der Waals surface area contributed by atoms with Crippen LogP contribution >= 0.6 is 27.3 Å². The van der Waals surface area contributed by atoms with E-state index < -0.39 is 10.0 Å². The molecule has 18 heavy (non-hydrogen) atoms. The van der Waals surface area contributed by atoms with Crippen molar-refractivity contribution in [2.24, 2.45) is 0 Å². The van der Waals surface area contributed by atoms with E-state index in [4.69, 9.17) is 0 Å². The van der Waals surface area contributed by atoms with E-state index in [1.807, 2.05) is 4.57 Å². The summed E-state index contributed by atoms with van der Waals surface area (Å²) in [6.45, 7) is 1.30. The van der Waals surface area contributed by atoms with Gasteiger partial charge in [0.2, 0.25) is 0 Å². The molecule has 0 fully saturated rings. The van der Waals surface area contributed by atoms with Crippen LogP contribution in [0.2, 0.25) is 0 Å². The van der Waals surface area contributed by atoms with Crippen LogP contribution in [0.3, 0.4) is 0 Å². The number of halogens is 1. The van der Waals surface area contributed by atoms with Crippen LogP contribution in [0.4, 0.5) is 0 Å². The zero-order valence-electron chi connectivity index (χ0n) is 9.15. The van der Waals surface area contributed by atoms with Crippen molar-refractivity contribution in [3.8, 4) is 0 Å². The van der Waals surface area contributed by atoms with E-state index in [0.717, 1.165) is 0 Å². The lowest BCUT2D eigenvalue weighted by Gasteiger charge is -2.25. The molecule has 0 amide bonds. The second-order valence-corrected chi connectivity index (χ2v) is 7.74. The van der Waals surface area contributed by atoms with Crippen molar-refractivity contribution in [1.29, 1.82) is 0 Å². The van der Waals surface area contributed by atoms with Crippen LogP contribution < -0.4 is 0 Å². The van der Waals surface area contributed by atoms with Crippen molar-refractivity contribution in [2.75, 3.05) is 6.54 Å². The average Bonchev–Trinajstić information content (AvgIpc) is 2.95. The molecular formula is C9H9BrN4O2S2. The van der Waals surface area contributed by atoms with Gasteiger partial charge in [0.05, 0.1) is 6.54 Å². The third-order valence-electron chi connectivity index (χ3n) is 2.76. The summed E-state index contributed by atoms with van der Waals surface area (Å²) in [5.74, 6) is 0.678. The minimum atomic E-state index is -3.45. The fourth-order valence-electron chi connectivity index (χ4n) is 1.83. The average molecular weight is 349 g/mol. The first kappa shape index (κ1) is 12.3. The number of nitrogens with zero attached hydrogens (tertiary/aromatic N) is 4. The van der Waals surface area contributed by atoms with Crippen LogP contribution in [0, 0.1) is 0 Å². The highest BCUT2D eigenvalue weighted by atomic mass is 79.9. The number of rotatable bonds is 2. The maximum absolute atomic E-state index is 12.4. The molecule has 0 aliphatic carbocycles. The predicted octanol–water partition coefficient (Wildman–Crippen LogP) is 1.31. The summed E-state index contributed by atoms with van der Waals surface area (Å²) < 4.78 is 29.2. The van der Waals surface area contributed by atoms with E-state index in [2.05, 4.69) is 26.1 Å². The van der Waals surface area contributed by atoms with Gasteiger partial charge in [-0.3, -0.25) is 0 Å². The number of sulfonamides is 1. The molecule has 0 radical (unpaired) electrons. The molecule has 0 atom stereocenters. The Labute approximate surface area is 116 Å². The van der Waals surface area contributed by atoms with Gasteiger partial charge in [-0.2, -0.15) is 4.31 Å². The zero-order valence-corrected chi connectivity index (χ0v) is 12.4. The number of hydrogen-bond acceptors (Lipinski definition) is 5. The minimum Gasteiger partial charge on any atom is -0.315 e. The Balaban J connectivity index is 1.95. The normalized spacial score (nSPS) is 16.7. The van der Waals surface area contributed by atoms with Crippen molar-refractivity contribution >= 4 is 37.3 Å². The van der Waals surface area contributed by atoms with Gasteiger partial charge < -0.3 is 4.57 Å². The Kier molecular flexibility index (Phi) is 3.00. The van der Waals surface area contributed by atoms with Gasteiger partial charge in [-0.05, 0) is 27.4 Å². The lowest BCUT2D eigenvalue weighted by molar-refractivity contribution is 0.336. The number of hydrogen-bond donors (Lipinski definition) is 0. The van der Waals surface area contributed by atoms with Crippen LogP contribution in [0.1, 0.15) is 5.82 Å². The maximum Gasteiger partial charge on any atom is 0.254 e. The fraction of sp³-hybridized carbons (Fsp3) is 0.333. The van der Waals surface area contributed by atoms with E-state index in [0.29, 0.717) is 27.6 Å². The standard InChI is InChI=1S/C9H9BrN4O2S2/c10-7-1-4-17-9(7)18(15,16)14-3-2-13-6-11-12-8(13)5-14/h1,4,6H,2-3,5H2. The summed E-state index contributed by atoms with van der Waals surface area (Å²) in [6, 6.07) is 1.74. The monoisotopic (exact) mass is 348 g/mol. The number of thiophene rings is 1. The van der Waals surface area contributed by atoms with Gasteiger partial charge in [0.25, 0.3) is 10.0 Å². The first-order chi connectivity index (χ1) is 8.59. The van der Waals surface area contributed by atoms with Crippen molar-refractivity contribution in [3.63, 3.8) is 0 Å². The second-order valence-electron chi connectivity index (χ2n) is 3.84. The highest BCUT2D eigenvalue weighted by molar-refractivity contribution is 9.10. The van der Waals surface area contributed by atoms with Crippen LogP contribution in [-0.4, -0.2) is 34.0 Å². The maximum atomic E-state index is 12.4. The number of aromatic nitrogens is 3. The highest BCUT2D eigenvalue weighted by Gasteiger charge is 2.31. The topological polar surface area (TPSA) is 68.1 Å². The first-order valence-corrected chi connectivity index (χ1v) is 8.30. The van der Waals surface area contributed by atoms with Crippen molar-refractivity contribution in [2.45, 2.75) is 17.3 Å². The van der Waals surface area contributed by atoms with E-state index in [9.17, 15) is 8.42 Å². The molecule has 2 aromatic heterocycles. The fourth-order valence-corrected chi connectivity index (χ4v) is 5.67. The third kappa shape index (κ3) is 1.91. The summed E-state index contributed by atoms with van der Waals surface area (Å²) in [5, 5.41) is 9.46. The van der Waals surface area contributed by atoms with Gasteiger partial charge in [0.1, 0.15) is 16.4 Å². The molecule has 0 saturated carbocycles. The highest BCUT2D eigenvalue weighted by Crippen LogP contribution is 2.31. The molecule has 0 unspecified atom stereocenters. The van der Waals surface area contributed by atoms with E-state index >= 15 is 0 Å². The van der Waals surface area contributed by atoms with Gasteiger partial charge in [-0.1, -0.05) is 0 Å². The molecule has 2 aromatic rings. The molecule has 0 aromatic carbocycles. The minimum absolute atomic E-state index is 0.271. The van der Waals surface area contributed by atoms with Gasteiger partial charge in [0.15, 0.2) is 0 Å². The molecule has 0 spiro atoms. The molecule has 3 rings (SSSR count). The second kappa shape index (κ2) is 4.41.